The maximum Gasteiger partial charge on any atom is 0.336 e. The summed E-state index contributed by atoms with van der Waals surface area (Å²) in [5.74, 6) is -1.54. The highest BCUT2D eigenvalue weighted by molar-refractivity contribution is 6.20. The molecule has 0 aliphatic rings. The zero-order valence-corrected chi connectivity index (χ0v) is 20.3. The maximum absolute atomic E-state index is 13.3. The molecule has 0 unspecified atom stereocenters. The van der Waals surface area contributed by atoms with Crippen molar-refractivity contribution >= 4 is 28.4 Å². The first-order valence-corrected chi connectivity index (χ1v) is 12.1. The van der Waals surface area contributed by atoms with Gasteiger partial charge < -0.3 is 10.4 Å². The number of carbonyl (C=O) groups is 3. The summed E-state index contributed by atoms with van der Waals surface area (Å²) in [5, 5.41) is 13.7. The van der Waals surface area contributed by atoms with E-state index in [0.29, 0.717) is 47.7 Å². The lowest BCUT2D eigenvalue weighted by Gasteiger charge is -2.15. The van der Waals surface area contributed by atoms with Crippen LogP contribution in [0.3, 0.4) is 0 Å². The van der Waals surface area contributed by atoms with Gasteiger partial charge in [0.2, 0.25) is 0 Å². The summed E-state index contributed by atoms with van der Waals surface area (Å²) in [6, 6.07) is 26.3. The van der Waals surface area contributed by atoms with E-state index in [-0.39, 0.29) is 17.3 Å². The third kappa shape index (κ3) is 5.69. The van der Waals surface area contributed by atoms with Gasteiger partial charge in [-0.1, -0.05) is 66.7 Å². The molecule has 4 aromatic rings. The number of hydrogen-bond donors (Lipinski definition) is 2. The van der Waals surface area contributed by atoms with E-state index >= 15 is 0 Å². The standard InChI is InChI=1S/C31H29NO4/c1-21-15-16-26(31(35)36)29-24(27(33)14-8-13-22-9-4-2-5-10-22)17-18-25(28(21)29)30(34)32-20-19-23-11-6-3-7-12-23/h2-7,9-12,15-18H,8,13-14,19-20H2,1H3,(H,32,34)(H,35,36). The number of benzene rings is 4. The number of amides is 1. The predicted molar refractivity (Wildman–Crippen MR) is 142 cm³/mol. The molecule has 0 atom stereocenters. The Balaban J connectivity index is 1.61. The van der Waals surface area contributed by atoms with Crippen LogP contribution in [-0.2, 0) is 12.8 Å². The van der Waals surface area contributed by atoms with E-state index in [2.05, 4.69) is 5.32 Å². The van der Waals surface area contributed by atoms with Gasteiger partial charge in [-0.25, -0.2) is 4.79 Å². The highest BCUT2D eigenvalue weighted by Crippen LogP contribution is 2.31. The van der Waals surface area contributed by atoms with Crippen molar-refractivity contribution in [3.05, 3.63) is 118 Å². The number of carboxylic acids is 1. The summed E-state index contributed by atoms with van der Waals surface area (Å²) >= 11 is 0. The topological polar surface area (TPSA) is 83.5 Å². The van der Waals surface area contributed by atoms with E-state index < -0.39 is 5.97 Å². The third-order valence-electron chi connectivity index (χ3n) is 6.40. The highest BCUT2D eigenvalue weighted by Gasteiger charge is 2.22. The van der Waals surface area contributed by atoms with Crippen molar-refractivity contribution in [1.82, 2.24) is 5.32 Å². The zero-order chi connectivity index (χ0) is 25.5. The van der Waals surface area contributed by atoms with Crippen molar-refractivity contribution in [3.8, 4) is 0 Å². The van der Waals surface area contributed by atoms with Crippen molar-refractivity contribution in [2.45, 2.75) is 32.6 Å². The molecule has 2 N–H and O–H groups in total. The SMILES string of the molecule is Cc1ccc(C(=O)O)c2c(C(=O)CCCc3ccccc3)ccc(C(=O)NCCc3ccccc3)c12. The Kier molecular flexibility index (Phi) is 7.91. The molecule has 0 aliphatic carbocycles. The first-order chi connectivity index (χ1) is 17.5. The second-order valence-electron chi connectivity index (χ2n) is 8.90. The summed E-state index contributed by atoms with van der Waals surface area (Å²) in [4.78, 5) is 38.5. The molecule has 0 saturated heterocycles. The largest absolute Gasteiger partial charge is 0.478 e. The summed E-state index contributed by atoms with van der Waals surface area (Å²) in [6.45, 7) is 2.28. The molecule has 4 rings (SSSR count). The second kappa shape index (κ2) is 11.5. The summed E-state index contributed by atoms with van der Waals surface area (Å²) < 4.78 is 0. The van der Waals surface area contributed by atoms with Crippen molar-refractivity contribution in [3.63, 3.8) is 0 Å². The molecule has 0 saturated carbocycles. The highest BCUT2D eigenvalue weighted by atomic mass is 16.4. The average molecular weight is 480 g/mol. The van der Waals surface area contributed by atoms with Gasteiger partial charge in [0.25, 0.3) is 5.91 Å². The fraction of sp³-hybridized carbons (Fsp3) is 0.194. The van der Waals surface area contributed by atoms with Crippen molar-refractivity contribution < 1.29 is 19.5 Å². The Morgan fingerprint density at radius 2 is 1.28 bits per heavy atom. The van der Waals surface area contributed by atoms with E-state index in [9.17, 15) is 19.5 Å². The van der Waals surface area contributed by atoms with E-state index in [1.807, 2.05) is 67.6 Å². The van der Waals surface area contributed by atoms with Gasteiger partial charge in [0.1, 0.15) is 0 Å². The average Bonchev–Trinajstić information content (AvgIpc) is 2.89. The normalized spacial score (nSPS) is 10.8. The van der Waals surface area contributed by atoms with Crippen LogP contribution in [0.4, 0.5) is 0 Å². The Morgan fingerprint density at radius 1 is 0.694 bits per heavy atom. The molecule has 0 fully saturated rings. The first-order valence-electron chi connectivity index (χ1n) is 12.1. The molecular weight excluding hydrogens is 450 g/mol. The van der Waals surface area contributed by atoms with E-state index in [1.54, 1.807) is 18.2 Å². The van der Waals surface area contributed by atoms with Crippen LogP contribution >= 0.6 is 0 Å². The maximum atomic E-state index is 13.3. The van der Waals surface area contributed by atoms with E-state index in [0.717, 1.165) is 23.1 Å². The lowest BCUT2D eigenvalue weighted by atomic mass is 9.89. The van der Waals surface area contributed by atoms with Crippen LogP contribution in [0.2, 0.25) is 0 Å². The molecule has 1 amide bonds. The van der Waals surface area contributed by atoms with Gasteiger partial charge in [0, 0.05) is 29.5 Å². The lowest BCUT2D eigenvalue weighted by molar-refractivity contribution is 0.0698. The summed E-state index contributed by atoms with van der Waals surface area (Å²) in [7, 11) is 0. The van der Waals surface area contributed by atoms with Gasteiger partial charge in [0.15, 0.2) is 5.78 Å². The number of rotatable bonds is 10. The number of Topliss-reactive ketones (excluding diaryl/α,β-unsaturated/α-hetero) is 1. The molecule has 4 aromatic carbocycles. The molecule has 0 heterocycles. The van der Waals surface area contributed by atoms with Crippen LogP contribution in [0.15, 0.2) is 84.9 Å². The molecule has 5 heteroatoms. The third-order valence-corrected chi connectivity index (χ3v) is 6.40. The Morgan fingerprint density at radius 3 is 1.92 bits per heavy atom. The molecule has 0 bridgehead atoms. The fourth-order valence-electron chi connectivity index (χ4n) is 4.56. The smallest absolute Gasteiger partial charge is 0.336 e. The minimum atomic E-state index is -1.13. The number of fused-ring (bicyclic) bond motifs is 1. The van der Waals surface area contributed by atoms with Crippen molar-refractivity contribution in [1.29, 1.82) is 0 Å². The van der Waals surface area contributed by atoms with Crippen molar-refractivity contribution in [2.24, 2.45) is 0 Å². The lowest BCUT2D eigenvalue weighted by Crippen LogP contribution is -2.26. The van der Waals surface area contributed by atoms with Crippen LogP contribution in [0, 0.1) is 6.92 Å². The number of carboxylic acid groups (broad SMARTS) is 1. The second-order valence-corrected chi connectivity index (χ2v) is 8.90. The van der Waals surface area contributed by atoms with E-state index in [1.165, 1.54) is 6.07 Å². The van der Waals surface area contributed by atoms with Gasteiger partial charge >= 0.3 is 5.97 Å². The van der Waals surface area contributed by atoms with Crippen LogP contribution in [-0.4, -0.2) is 29.3 Å². The molecule has 36 heavy (non-hydrogen) atoms. The van der Waals surface area contributed by atoms with E-state index in [4.69, 9.17) is 0 Å². The van der Waals surface area contributed by atoms with Crippen LogP contribution in [0.25, 0.3) is 10.8 Å². The molecule has 0 radical (unpaired) electrons. The minimum absolute atomic E-state index is 0.0287. The number of carbonyl (C=O) groups excluding carboxylic acids is 2. The van der Waals surface area contributed by atoms with Gasteiger partial charge in [-0.15, -0.1) is 0 Å². The van der Waals surface area contributed by atoms with Crippen molar-refractivity contribution in [2.75, 3.05) is 6.54 Å². The molecule has 0 aliphatic heterocycles. The Hall–Kier alpha value is -4.25. The first kappa shape index (κ1) is 24.9. The van der Waals surface area contributed by atoms with Gasteiger partial charge in [-0.3, -0.25) is 9.59 Å². The summed E-state index contributed by atoms with van der Waals surface area (Å²) in [6.07, 6.45) is 2.39. The van der Waals surface area contributed by atoms with Crippen LogP contribution in [0.5, 0.6) is 0 Å². The Labute approximate surface area is 210 Å². The summed E-state index contributed by atoms with van der Waals surface area (Å²) in [5.41, 5.74) is 3.77. The quantitative estimate of drug-likeness (QED) is 0.272. The minimum Gasteiger partial charge on any atom is -0.478 e. The van der Waals surface area contributed by atoms with Gasteiger partial charge in [0.05, 0.1) is 5.56 Å². The number of ketones is 1. The predicted octanol–water partition coefficient (Wildman–Crippen LogP) is 6.02. The monoisotopic (exact) mass is 479 g/mol. The van der Waals surface area contributed by atoms with Crippen LogP contribution < -0.4 is 5.32 Å². The van der Waals surface area contributed by atoms with Gasteiger partial charge in [-0.05, 0) is 66.5 Å². The zero-order valence-electron chi connectivity index (χ0n) is 20.3. The molecule has 182 valence electrons. The number of hydrogen-bond acceptors (Lipinski definition) is 3. The molecular formula is C31H29NO4. The number of aromatic carboxylic acids is 1. The fourth-order valence-corrected chi connectivity index (χ4v) is 4.56. The number of nitrogens with one attached hydrogen (secondary N) is 1. The number of aryl methyl sites for hydroxylation is 2. The van der Waals surface area contributed by atoms with Gasteiger partial charge in [-0.2, -0.15) is 0 Å². The molecule has 5 nitrogen and oxygen atoms in total. The Bertz CT molecular complexity index is 1390. The molecule has 0 spiro atoms. The van der Waals surface area contributed by atoms with Crippen LogP contribution in [0.1, 0.15) is 60.6 Å². The molecule has 0 aromatic heterocycles.